The lowest BCUT2D eigenvalue weighted by atomic mass is 10.0. The van der Waals surface area contributed by atoms with Gasteiger partial charge in [0.2, 0.25) is 0 Å². The summed E-state index contributed by atoms with van der Waals surface area (Å²) in [5.74, 6) is -0.805. The van der Waals surface area contributed by atoms with Crippen LogP contribution in [0.25, 0.3) is 11.1 Å². The van der Waals surface area contributed by atoms with Gasteiger partial charge in [-0.05, 0) is 17.7 Å². The molecular formula is C19H20FNO4S. The van der Waals surface area contributed by atoms with Gasteiger partial charge in [-0.1, -0.05) is 36.4 Å². The van der Waals surface area contributed by atoms with Crippen LogP contribution < -0.4 is 0 Å². The summed E-state index contributed by atoms with van der Waals surface area (Å²) in [6, 6.07) is 13.4. The number of halogens is 1. The highest BCUT2D eigenvalue weighted by Crippen LogP contribution is 2.23. The molecule has 1 aliphatic rings. The van der Waals surface area contributed by atoms with Crippen molar-refractivity contribution in [1.82, 2.24) is 4.90 Å². The molecule has 3 rings (SSSR count). The van der Waals surface area contributed by atoms with Gasteiger partial charge in [0.1, 0.15) is 12.4 Å². The summed E-state index contributed by atoms with van der Waals surface area (Å²) in [7, 11) is -2.92. The van der Waals surface area contributed by atoms with E-state index < -0.39 is 21.6 Å². The monoisotopic (exact) mass is 377 g/mol. The number of nitrogens with zero attached hydrogens (tertiary/aromatic N) is 1. The van der Waals surface area contributed by atoms with Crippen LogP contribution in [0.5, 0.6) is 0 Å². The molecule has 1 heterocycles. The highest BCUT2D eigenvalue weighted by molar-refractivity contribution is 7.91. The van der Waals surface area contributed by atoms with Crippen LogP contribution in [-0.4, -0.2) is 57.0 Å². The Labute approximate surface area is 152 Å². The van der Waals surface area contributed by atoms with Gasteiger partial charge >= 0.3 is 5.97 Å². The van der Waals surface area contributed by atoms with E-state index in [0.29, 0.717) is 25.2 Å². The van der Waals surface area contributed by atoms with Crippen molar-refractivity contribution >= 4 is 15.8 Å². The quantitative estimate of drug-likeness (QED) is 0.749. The predicted molar refractivity (Wildman–Crippen MR) is 97.2 cm³/mol. The average Bonchev–Trinajstić information content (AvgIpc) is 2.63. The van der Waals surface area contributed by atoms with Crippen LogP contribution >= 0.6 is 0 Å². The van der Waals surface area contributed by atoms with Crippen LogP contribution in [0.2, 0.25) is 0 Å². The predicted octanol–water partition coefficient (Wildman–Crippen LogP) is 2.38. The fourth-order valence-electron chi connectivity index (χ4n) is 2.82. The zero-order valence-electron chi connectivity index (χ0n) is 14.2. The Balaban J connectivity index is 1.54. The van der Waals surface area contributed by atoms with Crippen molar-refractivity contribution in [1.29, 1.82) is 0 Å². The highest BCUT2D eigenvalue weighted by atomic mass is 32.2. The molecule has 0 unspecified atom stereocenters. The molecule has 5 nitrogen and oxygen atoms in total. The van der Waals surface area contributed by atoms with Gasteiger partial charge in [-0.25, -0.2) is 17.6 Å². The maximum atomic E-state index is 14.3. The van der Waals surface area contributed by atoms with Crippen LogP contribution in [0.1, 0.15) is 10.4 Å². The molecule has 0 radical (unpaired) electrons. The molecule has 0 atom stereocenters. The summed E-state index contributed by atoms with van der Waals surface area (Å²) in [4.78, 5) is 14.0. The minimum absolute atomic E-state index is 0.132. The second-order valence-electron chi connectivity index (χ2n) is 6.19. The molecule has 1 fully saturated rings. The molecule has 0 aromatic heterocycles. The van der Waals surface area contributed by atoms with Gasteiger partial charge in [0.05, 0.1) is 17.1 Å². The summed E-state index contributed by atoms with van der Waals surface area (Å²) in [5.41, 5.74) is 1.32. The molecule has 26 heavy (non-hydrogen) atoms. The topological polar surface area (TPSA) is 63.7 Å². The van der Waals surface area contributed by atoms with Gasteiger partial charge in [-0.15, -0.1) is 0 Å². The van der Waals surface area contributed by atoms with Crippen LogP contribution in [0, 0.1) is 5.82 Å². The maximum absolute atomic E-state index is 14.3. The summed E-state index contributed by atoms with van der Waals surface area (Å²) < 4.78 is 42.3. The molecule has 1 aliphatic heterocycles. The zero-order chi connectivity index (χ0) is 18.6. The van der Waals surface area contributed by atoms with Crippen molar-refractivity contribution in [3.8, 4) is 11.1 Å². The van der Waals surface area contributed by atoms with Gasteiger partial charge < -0.3 is 4.74 Å². The second kappa shape index (κ2) is 7.97. The molecule has 0 spiro atoms. The smallest absolute Gasteiger partial charge is 0.338 e. The summed E-state index contributed by atoms with van der Waals surface area (Å²) in [5, 5.41) is 0. The molecule has 1 saturated heterocycles. The number of carbonyl (C=O) groups excluding carboxylic acids is 1. The fourth-order valence-corrected chi connectivity index (χ4v) is 4.10. The third kappa shape index (κ3) is 4.68. The molecule has 0 amide bonds. The summed E-state index contributed by atoms with van der Waals surface area (Å²) in [6.45, 7) is 1.49. The molecule has 2 aromatic carbocycles. The Morgan fingerprint density at radius 3 is 2.42 bits per heavy atom. The van der Waals surface area contributed by atoms with Gasteiger partial charge in [0.25, 0.3) is 0 Å². The number of hydrogen-bond acceptors (Lipinski definition) is 5. The summed E-state index contributed by atoms with van der Waals surface area (Å²) >= 11 is 0. The lowest BCUT2D eigenvalue weighted by Crippen LogP contribution is -2.41. The number of esters is 1. The first-order valence-corrected chi connectivity index (χ1v) is 10.2. The minimum Gasteiger partial charge on any atom is -0.461 e. The number of sulfone groups is 1. The fraction of sp³-hybridized carbons (Fsp3) is 0.316. The minimum atomic E-state index is -2.92. The Bertz CT molecular complexity index is 870. The lowest BCUT2D eigenvalue weighted by molar-refractivity contribution is 0.0465. The first-order chi connectivity index (χ1) is 12.4. The number of carbonyl (C=O) groups is 1. The molecule has 2 aromatic rings. The highest BCUT2D eigenvalue weighted by Gasteiger charge is 2.21. The Morgan fingerprint density at radius 1 is 1.08 bits per heavy atom. The van der Waals surface area contributed by atoms with E-state index in [0.717, 1.165) is 5.56 Å². The van der Waals surface area contributed by atoms with Crippen molar-refractivity contribution in [2.45, 2.75) is 0 Å². The number of hydrogen-bond donors (Lipinski definition) is 0. The van der Waals surface area contributed by atoms with Crippen molar-refractivity contribution in [3.05, 3.63) is 59.9 Å². The second-order valence-corrected chi connectivity index (χ2v) is 8.49. The zero-order valence-corrected chi connectivity index (χ0v) is 15.0. The van der Waals surface area contributed by atoms with Crippen molar-refractivity contribution in [3.63, 3.8) is 0 Å². The van der Waals surface area contributed by atoms with Crippen molar-refractivity contribution in [2.75, 3.05) is 37.7 Å². The van der Waals surface area contributed by atoms with E-state index in [1.807, 2.05) is 23.1 Å². The molecule has 0 saturated carbocycles. The van der Waals surface area contributed by atoms with E-state index in [1.54, 1.807) is 24.3 Å². The van der Waals surface area contributed by atoms with Crippen molar-refractivity contribution < 1.29 is 22.3 Å². The van der Waals surface area contributed by atoms with E-state index in [4.69, 9.17) is 4.74 Å². The van der Waals surface area contributed by atoms with E-state index in [1.165, 1.54) is 6.07 Å². The molecule has 0 bridgehead atoms. The van der Waals surface area contributed by atoms with Gasteiger partial charge in [0.15, 0.2) is 9.84 Å². The number of ether oxygens (including phenoxy) is 1. The normalized spacial score (nSPS) is 17.0. The third-order valence-corrected chi connectivity index (χ3v) is 5.98. The van der Waals surface area contributed by atoms with E-state index >= 15 is 0 Å². The molecular weight excluding hydrogens is 357 g/mol. The molecule has 7 heteroatoms. The lowest BCUT2D eigenvalue weighted by Gasteiger charge is -2.26. The van der Waals surface area contributed by atoms with Crippen LogP contribution in [0.3, 0.4) is 0 Å². The van der Waals surface area contributed by atoms with E-state index in [9.17, 15) is 17.6 Å². The number of benzene rings is 2. The SMILES string of the molecule is O=C(OCCN1CCS(=O)(=O)CC1)c1ccc(-c2ccccc2)c(F)c1. The Hall–Kier alpha value is -2.25. The maximum Gasteiger partial charge on any atom is 0.338 e. The first-order valence-electron chi connectivity index (χ1n) is 8.39. The Kier molecular flexibility index (Phi) is 5.68. The average molecular weight is 377 g/mol. The van der Waals surface area contributed by atoms with E-state index in [-0.39, 0.29) is 23.7 Å². The van der Waals surface area contributed by atoms with Crippen LogP contribution in [-0.2, 0) is 14.6 Å². The van der Waals surface area contributed by atoms with Gasteiger partial charge in [0, 0.05) is 25.2 Å². The van der Waals surface area contributed by atoms with E-state index in [2.05, 4.69) is 0 Å². The standard InChI is InChI=1S/C19H20FNO4S/c20-18-14-16(6-7-17(18)15-4-2-1-3-5-15)19(22)25-11-8-21-9-12-26(23,24)13-10-21/h1-7,14H,8-13H2. The van der Waals surface area contributed by atoms with Crippen molar-refractivity contribution in [2.24, 2.45) is 0 Å². The summed E-state index contributed by atoms with van der Waals surface area (Å²) in [6.07, 6.45) is 0. The Morgan fingerprint density at radius 2 is 1.77 bits per heavy atom. The van der Waals surface area contributed by atoms with Gasteiger partial charge in [-0.2, -0.15) is 0 Å². The molecule has 138 valence electrons. The largest absolute Gasteiger partial charge is 0.461 e. The van der Waals surface area contributed by atoms with Gasteiger partial charge in [-0.3, -0.25) is 4.90 Å². The van der Waals surface area contributed by atoms with Crippen LogP contribution in [0.15, 0.2) is 48.5 Å². The third-order valence-electron chi connectivity index (χ3n) is 4.37. The first kappa shape index (κ1) is 18.5. The molecule has 0 aliphatic carbocycles. The number of rotatable bonds is 5. The molecule has 0 N–H and O–H groups in total. The van der Waals surface area contributed by atoms with Crippen LogP contribution in [0.4, 0.5) is 4.39 Å².